The van der Waals surface area contributed by atoms with E-state index >= 15 is 0 Å². The Morgan fingerprint density at radius 2 is 2.00 bits per heavy atom. The highest BCUT2D eigenvalue weighted by atomic mass is 32.1. The number of rotatable bonds is 4. The van der Waals surface area contributed by atoms with Gasteiger partial charge in [0.15, 0.2) is 5.11 Å². The maximum Gasteiger partial charge on any atom is 0.337 e. The van der Waals surface area contributed by atoms with Crippen LogP contribution < -0.4 is 15.4 Å². The molecule has 0 fully saturated rings. The van der Waals surface area contributed by atoms with Gasteiger partial charge in [-0.25, -0.2) is 4.79 Å². The summed E-state index contributed by atoms with van der Waals surface area (Å²) in [7, 11) is 1.36. The number of hydrogen-bond acceptors (Lipinski definition) is 4. The molecular weight excluding hydrogens is 300 g/mol. The molecule has 1 unspecified atom stereocenters. The fraction of sp³-hybridized carbons (Fsp3) is 0.375. The molecule has 118 valence electrons. The van der Waals surface area contributed by atoms with Gasteiger partial charge in [-0.15, -0.1) is 0 Å². The molecule has 1 aromatic rings. The number of hydrogen-bond donors (Lipinski definition) is 2. The van der Waals surface area contributed by atoms with Crippen LogP contribution in [0.1, 0.15) is 32.4 Å². The van der Waals surface area contributed by atoms with E-state index in [2.05, 4.69) is 10.6 Å². The normalized spacial score (nSPS) is 17.9. The van der Waals surface area contributed by atoms with Crippen molar-refractivity contribution < 1.29 is 14.3 Å². The van der Waals surface area contributed by atoms with Crippen molar-refractivity contribution in [1.29, 1.82) is 0 Å². The maximum atomic E-state index is 12.2. The predicted molar refractivity (Wildman–Crippen MR) is 88.5 cm³/mol. The molecule has 2 N–H and O–H groups in total. The molecule has 6 heteroatoms. The molecule has 0 saturated carbocycles. The Balaban J connectivity index is 2.51. The van der Waals surface area contributed by atoms with Crippen molar-refractivity contribution in [2.45, 2.75) is 32.9 Å². The van der Waals surface area contributed by atoms with E-state index in [0.717, 1.165) is 5.56 Å². The van der Waals surface area contributed by atoms with Gasteiger partial charge in [0, 0.05) is 11.3 Å². The molecular formula is C16H20N2O3S. The van der Waals surface area contributed by atoms with E-state index in [1.165, 1.54) is 7.11 Å². The third-order valence-corrected chi connectivity index (χ3v) is 3.49. The summed E-state index contributed by atoms with van der Waals surface area (Å²) in [5.74, 6) is 0.318. The highest BCUT2D eigenvalue weighted by Gasteiger charge is 2.32. The van der Waals surface area contributed by atoms with Crippen molar-refractivity contribution in [2.24, 2.45) is 0 Å². The smallest absolute Gasteiger partial charge is 0.337 e. The van der Waals surface area contributed by atoms with Gasteiger partial charge in [-0.05, 0) is 39.1 Å². The summed E-state index contributed by atoms with van der Waals surface area (Å²) in [6.07, 6.45) is 0.0291. The van der Waals surface area contributed by atoms with E-state index in [1.807, 2.05) is 38.1 Å². The van der Waals surface area contributed by atoms with E-state index in [1.54, 1.807) is 6.92 Å². The Kier molecular flexibility index (Phi) is 5.03. The van der Waals surface area contributed by atoms with E-state index in [9.17, 15) is 4.79 Å². The van der Waals surface area contributed by atoms with Gasteiger partial charge in [0.2, 0.25) is 0 Å². The first-order valence-corrected chi connectivity index (χ1v) is 7.47. The summed E-state index contributed by atoms with van der Waals surface area (Å²) in [5, 5.41) is 6.55. The van der Waals surface area contributed by atoms with Crippen molar-refractivity contribution in [2.75, 3.05) is 7.11 Å². The average Bonchev–Trinajstić information content (AvgIpc) is 2.45. The highest BCUT2D eigenvalue weighted by molar-refractivity contribution is 7.80. The first-order valence-electron chi connectivity index (χ1n) is 7.06. The minimum Gasteiger partial charge on any atom is -0.491 e. The molecule has 1 heterocycles. The number of thiocarbonyl (C=S) groups is 1. The summed E-state index contributed by atoms with van der Waals surface area (Å²) in [6, 6.07) is 7.19. The van der Waals surface area contributed by atoms with Gasteiger partial charge in [-0.1, -0.05) is 18.2 Å². The topological polar surface area (TPSA) is 59.6 Å². The molecule has 0 bridgehead atoms. The Labute approximate surface area is 135 Å². The standard InChI is InChI=1S/C16H20N2O3S/c1-9(2)21-12-8-6-5-7-11(12)14-13(15(19)20-4)10(3)17-16(22)18-14/h5-9,14H,1-4H3,(H2,17,18,22). The van der Waals surface area contributed by atoms with Crippen LogP contribution in [0.25, 0.3) is 0 Å². The lowest BCUT2D eigenvalue weighted by molar-refractivity contribution is -0.136. The van der Waals surface area contributed by atoms with Gasteiger partial charge in [0.05, 0.1) is 24.8 Å². The SMILES string of the molecule is COC(=O)C1=C(C)NC(=S)NC1c1ccccc1OC(C)C. The molecule has 2 rings (SSSR count). The lowest BCUT2D eigenvalue weighted by Gasteiger charge is -2.30. The fourth-order valence-electron chi connectivity index (χ4n) is 2.39. The van der Waals surface area contributed by atoms with Crippen LogP contribution in [0, 0.1) is 0 Å². The van der Waals surface area contributed by atoms with Crippen LogP contribution in [0.15, 0.2) is 35.5 Å². The van der Waals surface area contributed by atoms with Gasteiger partial charge < -0.3 is 20.1 Å². The molecule has 0 spiro atoms. The zero-order chi connectivity index (χ0) is 16.3. The third kappa shape index (κ3) is 3.39. The van der Waals surface area contributed by atoms with Gasteiger partial charge in [-0.2, -0.15) is 0 Å². The lowest BCUT2D eigenvalue weighted by atomic mass is 9.95. The van der Waals surface area contributed by atoms with E-state index in [0.29, 0.717) is 22.1 Å². The quantitative estimate of drug-likeness (QED) is 0.656. The minimum absolute atomic E-state index is 0.0291. The van der Waals surface area contributed by atoms with Crippen LogP contribution >= 0.6 is 12.2 Å². The summed E-state index contributed by atoms with van der Waals surface area (Å²) in [5.41, 5.74) is 2.02. The largest absolute Gasteiger partial charge is 0.491 e. The van der Waals surface area contributed by atoms with Crippen LogP contribution in [0.2, 0.25) is 0 Å². The van der Waals surface area contributed by atoms with Crippen molar-refractivity contribution in [3.8, 4) is 5.75 Å². The molecule has 0 radical (unpaired) electrons. The number of ether oxygens (including phenoxy) is 2. The molecule has 0 aliphatic carbocycles. The first kappa shape index (κ1) is 16.3. The van der Waals surface area contributed by atoms with Crippen LogP contribution in [0.3, 0.4) is 0 Å². The molecule has 5 nitrogen and oxygen atoms in total. The van der Waals surface area contributed by atoms with E-state index < -0.39 is 12.0 Å². The molecule has 1 aromatic carbocycles. The van der Waals surface area contributed by atoms with Crippen molar-refractivity contribution in [3.05, 3.63) is 41.1 Å². The zero-order valence-corrected chi connectivity index (χ0v) is 13.9. The molecule has 0 aromatic heterocycles. The second-order valence-corrected chi connectivity index (χ2v) is 5.67. The fourth-order valence-corrected chi connectivity index (χ4v) is 2.66. The Hall–Kier alpha value is -2.08. The highest BCUT2D eigenvalue weighted by Crippen LogP contribution is 2.33. The van der Waals surface area contributed by atoms with Crippen LogP contribution in [-0.4, -0.2) is 24.3 Å². The second kappa shape index (κ2) is 6.79. The first-order chi connectivity index (χ1) is 10.4. The van der Waals surface area contributed by atoms with Gasteiger partial charge in [0.25, 0.3) is 0 Å². The molecule has 1 aliphatic heterocycles. The van der Waals surface area contributed by atoms with Gasteiger partial charge in [-0.3, -0.25) is 0 Å². The lowest BCUT2D eigenvalue weighted by Crippen LogP contribution is -2.45. The number of nitrogens with one attached hydrogen (secondary N) is 2. The number of carbonyl (C=O) groups is 1. The molecule has 0 saturated heterocycles. The second-order valence-electron chi connectivity index (χ2n) is 5.27. The van der Waals surface area contributed by atoms with Crippen molar-refractivity contribution in [3.63, 3.8) is 0 Å². The Morgan fingerprint density at radius 3 is 2.64 bits per heavy atom. The molecule has 1 atom stereocenters. The van der Waals surface area contributed by atoms with Gasteiger partial charge in [0.1, 0.15) is 5.75 Å². The summed E-state index contributed by atoms with van der Waals surface area (Å²) >= 11 is 5.22. The number of esters is 1. The van der Waals surface area contributed by atoms with Crippen molar-refractivity contribution in [1.82, 2.24) is 10.6 Å². The van der Waals surface area contributed by atoms with Crippen LogP contribution in [0.5, 0.6) is 5.75 Å². The average molecular weight is 320 g/mol. The molecule has 22 heavy (non-hydrogen) atoms. The number of benzene rings is 1. The van der Waals surface area contributed by atoms with E-state index in [-0.39, 0.29) is 6.10 Å². The number of carbonyl (C=O) groups excluding carboxylic acids is 1. The van der Waals surface area contributed by atoms with Crippen LogP contribution in [0.4, 0.5) is 0 Å². The van der Waals surface area contributed by atoms with Crippen LogP contribution in [-0.2, 0) is 9.53 Å². The monoisotopic (exact) mass is 320 g/mol. The summed E-state index contributed by atoms with van der Waals surface area (Å²) in [6.45, 7) is 5.72. The van der Waals surface area contributed by atoms with Gasteiger partial charge >= 0.3 is 5.97 Å². The summed E-state index contributed by atoms with van der Waals surface area (Å²) in [4.78, 5) is 12.2. The molecule has 0 amide bonds. The number of para-hydroxylation sites is 1. The zero-order valence-electron chi connectivity index (χ0n) is 13.1. The number of allylic oxidation sites excluding steroid dienone is 1. The third-order valence-electron chi connectivity index (χ3n) is 3.27. The number of methoxy groups -OCH3 is 1. The Morgan fingerprint density at radius 1 is 1.32 bits per heavy atom. The van der Waals surface area contributed by atoms with E-state index in [4.69, 9.17) is 21.7 Å². The minimum atomic E-state index is -0.406. The Bertz CT molecular complexity index is 626. The molecule has 1 aliphatic rings. The maximum absolute atomic E-state index is 12.2. The summed E-state index contributed by atoms with van der Waals surface area (Å²) < 4.78 is 10.8. The predicted octanol–water partition coefficient (Wildman–Crippen LogP) is 2.44. The van der Waals surface area contributed by atoms with Crippen molar-refractivity contribution >= 4 is 23.3 Å².